The van der Waals surface area contributed by atoms with Crippen molar-refractivity contribution in [2.24, 2.45) is 11.5 Å². The van der Waals surface area contributed by atoms with Gasteiger partial charge in [0, 0.05) is 12.2 Å². The molecule has 0 radical (unpaired) electrons. The highest BCUT2D eigenvalue weighted by Gasteiger charge is 2.66. The summed E-state index contributed by atoms with van der Waals surface area (Å²) < 4.78 is 0. The summed E-state index contributed by atoms with van der Waals surface area (Å²) in [5.41, 5.74) is 7.13. The third-order valence-corrected chi connectivity index (χ3v) is 6.34. The number of aliphatic carboxylic acids is 2. The van der Waals surface area contributed by atoms with Crippen molar-refractivity contribution in [3.05, 3.63) is 65.7 Å². The molecule has 3 rings (SSSR count). The Kier molecular flexibility index (Phi) is 7.65. The van der Waals surface area contributed by atoms with Crippen LogP contribution in [0.3, 0.4) is 0 Å². The number of ketones is 1. The number of carbonyl (C=O) groups is 6. The van der Waals surface area contributed by atoms with Crippen LogP contribution in [0.2, 0.25) is 0 Å². The number of nitrogens with zero attached hydrogens (tertiary/aromatic N) is 2. The van der Waals surface area contributed by atoms with Crippen LogP contribution in [-0.4, -0.2) is 62.4 Å². The number of amides is 4. The number of carboxylic acid groups (broad SMARTS) is 2. The third-order valence-electron chi connectivity index (χ3n) is 6.34. The lowest BCUT2D eigenvalue weighted by Crippen LogP contribution is -2.74. The monoisotopic (exact) mass is 525 g/mol. The largest absolute Gasteiger partial charge is 0.481 e. The number of rotatable bonds is 10. The molecule has 0 aromatic heterocycles. The van der Waals surface area contributed by atoms with E-state index in [2.05, 4.69) is 5.32 Å². The Hall–Kier alpha value is -4.62. The highest BCUT2D eigenvalue weighted by Crippen LogP contribution is 2.38. The number of para-hydroxylation sites is 1. The zero-order valence-corrected chi connectivity index (χ0v) is 20.6. The fourth-order valence-corrected chi connectivity index (χ4v) is 4.35. The summed E-state index contributed by atoms with van der Waals surface area (Å²) in [5, 5.41) is 22.1. The van der Waals surface area contributed by atoms with Gasteiger partial charge in [0.1, 0.15) is 5.54 Å². The van der Waals surface area contributed by atoms with Crippen LogP contribution in [0.4, 0.5) is 10.5 Å². The molecule has 3 atom stereocenters. The number of hydrogen-bond donors (Lipinski definition) is 5. The highest BCUT2D eigenvalue weighted by atomic mass is 16.4. The van der Waals surface area contributed by atoms with Crippen LogP contribution in [-0.2, 0) is 36.1 Å². The molecule has 7 N–H and O–H groups in total. The molecule has 1 aliphatic heterocycles. The lowest BCUT2D eigenvalue weighted by molar-refractivity contribution is -0.162. The van der Waals surface area contributed by atoms with Crippen LogP contribution >= 0.6 is 0 Å². The molecule has 38 heavy (non-hydrogen) atoms. The minimum Gasteiger partial charge on any atom is -0.481 e. The van der Waals surface area contributed by atoms with Gasteiger partial charge in [-0.25, -0.2) is 14.5 Å². The summed E-state index contributed by atoms with van der Waals surface area (Å²) in [7, 11) is 0. The zero-order chi connectivity index (χ0) is 28.4. The van der Waals surface area contributed by atoms with Gasteiger partial charge in [0.25, 0.3) is 11.6 Å². The summed E-state index contributed by atoms with van der Waals surface area (Å²) in [6.07, 6.45) is -0.916. The molecule has 200 valence electrons. The van der Waals surface area contributed by atoms with Crippen molar-refractivity contribution in [3.8, 4) is 0 Å². The predicted octanol–water partition coefficient (Wildman–Crippen LogP) is 0.117. The van der Waals surface area contributed by atoms with Gasteiger partial charge in [-0.2, -0.15) is 0 Å². The standard InChI is InChI=1S/C25H27N5O8/c1-14(31)25(22(36)37,29(17-6-4-3-5-7-17)20(34)18(27)12-19(32)33)30-21(35)24(2,28-23(30)38)16-10-8-15(13-26)9-11-16/h3-11,18H,12-13,26-27H2,1-2H3,(H,28,38)(H,32,33)(H,36,37)/t18-,24+,25-/m0/s1. The predicted molar refractivity (Wildman–Crippen MR) is 132 cm³/mol. The van der Waals surface area contributed by atoms with E-state index in [1.54, 1.807) is 12.1 Å². The molecule has 1 aliphatic rings. The number of benzene rings is 2. The average molecular weight is 526 g/mol. The molecule has 4 amide bonds. The maximum absolute atomic E-state index is 13.9. The van der Waals surface area contributed by atoms with E-state index < -0.39 is 59.2 Å². The molecule has 0 aliphatic carbocycles. The first-order valence-electron chi connectivity index (χ1n) is 11.4. The van der Waals surface area contributed by atoms with Crippen molar-refractivity contribution >= 4 is 41.3 Å². The second kappa shape index (κ2) is 10.4. The maximum Gasteiger partial charge on any atom is 0.360 e. The number of nitrogens with two attached hydrogens (primary N) is 2. The van der Waals surface area contributed by atoms with Crippen LogP contribution in [0.5, 0.6) is 0 Å². The van der Waals surface area contributed by atoms with Crippen LogP contribution in [0.1, 0.15) is 31.4 Å². The van der Waals surface area contributed by atoms with E-state index in [9.17, 15) is 33.9 Å². The molecule has 0 bridgehead atoms. The Morgan fingerprint density at radius 3 is 2.11 bits per heavy atom. The normalized spacial score (nSPS) is 19.3. The molecular formula is C25H27N5O8. The first-order valence-corrected chi connectivity index (χ1v) is 11.4. The number of Topliss-reactive ketones (excluding diaryl/α,β-unsaturated/α-hetero) is 1. The zero-order valence-electron chi connectivity index (χ0n) is 20.6. The van der Waals surface area contributed by atoms with Gasteiger partial charge in [0.15, 0.2) is 5.78 Å². The van der Waals surface area contributed by atoms with Gasteiger partial charge in [-0.3, -0.25) is 24.1 Å². The van der Waals surface area contributed by atoms with Crippen molar-refractivity contribution in [2.75, 3.05) is 4.90 Å². The molecule has 1 fully saturated rings. The van der Waals surface area contributed by atoms with Crippen LogP contribution in [0.15, 0.2) is 54.6 Å². The molecule has 0 saturated carbocycles. The Labute approximate surface area is 217 Å². The highest BCUT2D eigenvalue weighted by molar-refractivity contribution is 6.24. The number of nitrogens with one attached hydrogen (secondary N) is 1. The van der Waals surface area contributed by atoms with Crippen LogP contribution < -0.4 is 21.7 Å². The Balaban J connectivity index is 2.28. The Morgan fingerprint density at radius 1 is 1.05 bits per heavy atom. The van der Waals surface area contributed by atoms with Crippen LogP contribution in [0, 0.1) is 0 Å². The second-order valence-electron chi connectivity index (χ2n) is 8.84. The molecule has 2 aromatic rings. The van der Waals surface area contributed by atoms with E-state index in [1.807, 2.05) is 0 Å². The van der Waals surface area contributed by atoms with Gasteiger partial charge < -0.3 is 27.0 Å². The molecule has 1 saturated heterocycles. The third kappa shape index (κ3) is 4.48. The smallest absolute Gasteiger partial charge is 0.360 e. The van der Waals surface area contributed by atoms with E-state index in [1.165, 1.54) is 49.4 Å². The topological polar surface area (TPSA) is 213 Å². The number of carboxylic acids is 2. The van der Waals surface area contributed by atoms with Gasteiger partial charge in [0.05, 0.1) is 12.5 Å². The summed E-state index contributed by atoms with van der Waals surface area (Å²) in [6, 6.07) is 10.1. The Bertz CT molecular complexity index is 1280. The number of imide groups is 1. The maximum atomic E-state index is 13.9. The number of hydrogen-bond acceptors (Lipinski definition) is 8. The van der Waals surface area contributed by atoms with E-state index in [-0.39, 0.29) is 22.7 Å². The Morgan fingerprint density at radius 2 is 1.63 bits per heavy atom. The summed E-state index contributed by atoms with van der Waals surface area (Å²) in [4.78, 5) is 78.9. The molecule has 13 heteroatoms. The fraction of sp³-hybridized carbons (Fsp3) is 0.280. The first kappa shape index (κ1) is 28.0. The molecule has 13 nitrogen and oxygen atoms in total. The molecule has 0 unspecified atom stereocenters. The molecular weight excluding hydrogens is 498 g/mol. The fourth-order valence-electron chi connectivity index (χ4n) is 4.35. The van der Waals surface area contributed by atoms with Crippen molar-refractivity contribution in [2.45, 2.75) is 44.1 Å². The SMILES string of the molecule is CC(=O)[C@@](C(=O)O)(N1C(=O)N[C@](C)(c2ccc(CN)cc2)C1=O)N(C(=O)[C@@H](N)CC(=O)O)c1ccccc1. The summed E-state index contributed by atoms with van der Waals surface area (Å²) in [6.45, 7) is 2.33. The van der Waals surface area contributed by atoms with Gasteiger partial charge in [0.2, 0.25) is 5.91 Å². The average Bonchev–Trinajstić information content (AvgIpc) is 3.10. The lowest BCUT2D eigenvalue weighted by atomic mass is 9.89. The van der Waals surface area contributed by atoms with E-state index in [0.29, 0.717) is 4.90 Å². The van der Waals surface area contributed by atoms with E-state index in [0.717, 1.165) is 12.5 Å². The number of carbonyl (C=O) groups excluding carboxylic acids is 4. The van der Waals surface area contributed by atoms with Crippen molar-refractivity contribution in [3.63, 3.8) is 0 Å². The minimum absolute atomic E-state index is 0.174. The second-order valence-corrected chi connectivity index (χ2v) is 8.84. The quantitative estimate of drug-likeness (QED) is 0.209. The number of urea groups is 1. The van der Waals surface area contributed by atoms with Crippen molar-refractivity contribution in [1.29, 1.82) is 0 Å². The molecule has 1 heterocycles. The number of anilines is 1. The first-order chi connectivity index (χ1) is 17.8. The van der Waals surface area contributed by atoms with Gasteiger partial charge >= 0.3 is 18.0 Å². The van der Waals surface area contributed by atoms with E-state index >= 15 is 0 Å². The van der Waals surface area contributed by atoms with Crippen molar-refractivity contribution < 1.29 is 39.0 Å². The van der Waals surface area contributed by atoms with Crippen molar-refractivity contribution in [1.82, 2.24) is 10.2 Å². The van der Waals surface area contributed by atoms with Crippen LogP contribution in [0.25, 0.3) is 0 Å². The lowest BCUT2D eigenvalue weighted by Gasteiger charge is -2.43. The summed E-state index contributed by atoms with van der Waals surface area (Å²) >= 11 is 0. The summed E-state index contributed by atoms with van der Waals surface area (Å²) in [5.74, 6) is -7.23. The molecule has 2 aromatic carbocycles. The minimum atomic E-state index is -3.25. The van der Waals surface area contributed by atoms with Gasteiger partial charge in [-0.05, 0) is 37.1 Å². The van der Waals surface area contributed by atoms with E-state index in [4.69, 9.17) is 16.6 Å². The van der Waals surface area contributed by atoms with Gasteiger partial charge in [-0.1, -0.05) is 42.5 Å². The molecule has 0 spiro atoms. The van der Waals surface area contributed by atoms with Gasteiger partial charge in [-0.15, -0.1) is 0 Å².